The van der Waals surface area contributed by atoms with Crippen LogP contribution in [0.3, 0.4) is 0 Å². The summed E-state index contributed by atoms with van der Waals surface area (Å²) in [5, 5.41) is 3.34. The van der Waals surface area contributed by atoms with Gasteiger partial charge in [0, 0.05) is 22.0 Å². The zero-order valence-electron chi connectivity index (χ0n) is 15.0. The second-order valence-electron chi connectivity index (χ2n) is 5.09. The normalized spacial score (nSPS) is 12.8. The van der Waals surface area contributed by atoms with Gasteiger partial charge in [-0.25, -0.2) is 4.98 Å². The van der Waals surface area contributed by atoms with Crippen LogP contribution in [0.4, 0.5) is 5.95 Å². The fraction of sp³-hybridized carbons (Fsp3) is 0.786. The summed E-state index contributed by atoms with van der Waals surface area (Å²) in [7, 11) is -2.67. The summed E-state index contributed by atoms with van der Waals surface area (Å²) in [4.78, 5) is 21.8. The third kappa shape index (κ3) is 10.6. The van der Waals surface area contributed by atoms with Crippen molar-refractivity contribution < 1.29 is 23.5 Å². The molecule has 2 N–H and O–H groups in total. The molecule has 0 fully saturated rings. The molecule has 26 heavy (non-hydrogen) atoms. The molecular formula is C14H26N4O5PS2+. The minimum atomic E-state index is -2.67. The SMILES string of the molecule is CCC(C)c1nc(NCO[P+](=O)O)nc(SCCOCCOCCS)n1. The number of thioether (sulfide) groups is 1. The average Bonchev–Trinajstić information content (AvgIpc) is 2.62. The van der Waals surface area contributed by atoms with Crippen LogP contribution in [0, 0.1) is 0 Å². The molecule has 0 spiro atoms. The van der Waals surface area contributed by atoms with E-state index in [0.717, 1.165) is 6.42 Å². The van der Waals surface area contributed by atoms with Gasteiger partial charge in [0.15, 0.2) is 11.9 Å². The molecule has 0 bridgehead atoms. The van der Waals surface area contributed by atoms with Crippen LogP contribution < -0.4 is 5.32 Å². The Morgan fingerprint density at radius 2 is 1.96 bits per heavy atom. The van der Waals surface area contributed by atoms with Gasteiger partial charge in [0.1, 0.15) is 5.82 Å². The lowest BCUT2D eigenvalue weighted by Crippen LogP contribution is -2.12. The first-order valence-corrected chi connectivity index (χ1v) is 11.0. The first kappa shape index (κ1) is 23.5. The number of aromatic nitrogens is 3. The number of rotatable bonds is 15. The van der Waals surface area contributed by atoms with Crippen LogP contribution in [0.5, 0.6) is 0 Å². The molecule has 0 aromatic carbocycles. The van der Waals surface area contributed by atoms with E-state index in [-0.39, 0.29) is 12.6 Å². The molecular weight excluding hydrogens is 399 g/mol. The second-order valence-corrected chi connectivity index (χ2v) is 7.34. The van der Waals surface area contributed by atoms with Crippen molar-refractivity contribution in [3.63, 3.8) is 0 Å². The summed E-state index contributed by atoms with van der Waals surface area (Å²) in [6, 6.07) is 0. The number of anilines is 1. The van der Waals surface area contributed by atoms with Crippen molar-refractivity contribution in [3.8, 4) is 0 Å². The van der Waals surface area contributed by atoms with E-state index in [9.17, 15) is 4.57 Å². The molecule has 0 saturated heterocycles. The molecule has 0 aliphatic rings. The molecule has 0 radical (unpaired) electrons. The summed E-state index contributed by atoms with van der Waals surface area (Å²) >= 11 is 5.52. The van der Waals surface area contributed by atoms with Crippen LogP contribution in [0.1, 0.15) is 32.0 Å². The van der Waals surface area contributed by atoms with E-state index in [1.54, 1.807) is 0 Å². The van der Waals surface area contributed by atoms with Crippen LogP contribution in [0.25, 0.3) is 0 Å². The van der Waals surface area contributed by atoms with Crippen molar-refractivity contribution in [2.24, 2.45) is 0 Å². The zero-order valence-corrected chi connectivity index (χ0v) is 17.6. The predicted octanol–water partition coefficient (Wildman–Crippen LogP) is 2.48. The number of nitrogens with one attached hydrogen (secondary N) is 1. The van der Waals surface area contributed by atoms with E-state index in [2.05, 4.69) is 44.3 Å². The van der Waals surface area contributed by atoms with Crippen molar-refractivity contribution in [2.45, 2.75) is 31.3 Å². The standard InChI is InChI=1S/C14H25N4O5PS2/c1-3-11(2)12-16-13(15-10-23-24(19)20)18-14(17-12)26-9-7-22-5-4-21-6-8-25/h11H,3-10H2,1-2H3,(H2-,15,16,17,18,19,20,25)/p+1. The third-order valence-electron chi connectivity index (χ3n) is 3.16. The quantitative estimate of drug-likeness (QED) is 0.127. The maximum Gasteiger partial charge on any atom is 0.696 e. The van der Waals surface area contributed by atoms with E-state index in [4.69, 9.17) is 14.4 Å². The van der Waals surface area contributed by atoms with Gasteiger partial charge in [-0.3, -0.25) is 0 Å². The molecule has 2 atom stereocenters. The van der Waals surface area contributed by atoms with Gasteiger partial charge in [-0.15, -0.1) is 4.89 Å². The summed E-state index contributed by atoms with van der Waals surface area (Å²) < 4.78 is 25.9. The zero-order chi connectivity index (χ0) is 19.2. The molecule has 1 aromatic heterocycles. The first-order chi connectivity index (χ1) is 12.6. The van der Waals surface area contributed by atoms with Gasteiger partial charge in [0.2, 0.25) is 5.95 Å². The van der Waals surface area contributed by atoms with Gasteiger partial charge in [-0.05, 0) is 6.42 Å². The summed E-state index contributed by atoms with van der Waals surface area (Å²) in [5.74, 6) is 2.55. The highest BCUT2D eigenvalue weighted by molar-refractivity contribution is 7.99. The van der Waals surface area contributed by atoms with Crippen LogP contribution in [0.2, 0.25) is 0 Å². The maximum atomic E-state index is 10.6. The molecule has 0 amide bonds. The Morgan fingerprint density at radius 3 is 2.62 bits per heavy atom. The Kier molecular flexibility index (Phi) is 13.1. The van der Waals surface area contributed by atoms with Gasteiger partial charge in [-0.1, -0.05) is 30.1 Å². The molecule has 0 saturated carbocycles. The highest BCUT2D eigenvalue weighted by Gasteiger charge is 2.14. The number of thiol groups is 1. The summed E-state index contributed by atoms with van der Waals surface area (Å²) in [6.45, 7) is 6.18. The van der Waals surface area contributed by atoms with Crippen molar-refractivity contribution in [2.75, 3.05) is 50.0 Å². The minimum Gasteiger partial charge on any atom is -0.378 e. The van der Waals surface area contributed by atoms with Crippen LogP contribution >= 0.6 is 32.6 Å². The summed E-state index contributed by atoms with van der Waals surface area (Å²) in [5.41, 5.74) is 0. The average molecular weight is 425 g/mol. The Labute approximate surface area is 164 Å². The summed E-state index contributed by atoms with van der Waals surface area (Å²) in [6.07, 6.45) is 0.891. The lowest BCUT2D eigenvalue weighted by Gasteiger charge is -2.11. The topological polar surface area (TPSA) is 116 Å². The second kappa shape index (κ2) is 14.5. The van der Waals surface area contributed by atoms with Gasteiger partial charge in [0.05, 0.1) is 26.4 Å². The van der Waals surface area contributed by atoms with Crippen LogP contribution in [-0.4, -0.2) is 64.5 Å². The molecule has 1 heterocycles. The number of hydrogen-bond donors (Lipinski definition) is 3. The Morgan fingerprint density at radius 1 is 1.23 bits per heavy atom. The monoisotopic (exact) mass is 425 g/mol. The van der Waals surface area contributed by atoms with Crippen molar-refractivity contribution in [3.05, 3.63) is 5.82 Å². The largest absolute Gasteiger partial charge is 0.696 e. The molecule has 0 aliphatic heterocycles. The van der Waals surface area contributed by atoms with Gasteiger partial charge < -0.3 is 14.8 Å². The molecule has 2 unspecified atom stereocenters. The fourth-order valence-electron chi connectivity index (χ4n) is 1.65. The molecule has 1 aromatic rings. The van der Waals surface area contributed by atoms with Gasteiger partial charge in [-0.2, -0.15) is 22.6 Å². The minimum absolute atomic E-state index is 0.158. The Balaban J connectivity index is 2.49. The van der Waals surface area contributed by atoms with Gasteiger partial charge in [0.25, 0.3) is 0 Å². The molecule has 9 nitrogen and oxygen atoms in total. The lowest BCUT2D eigenvalue weighted by atomic mass is 10.1. The van der Waals surface area contributed by atoms with Crippen molar-refractivity contribution >= 4 is 38.6 Å². The molecule has 148 valence electrons. The highest BCUT2D eigenvalue weighted by Crippen LogP contribution is 2.21. The van der Waals surface area contributed by atoms with E-state index >= 15 is 0 Å². The number of hydrogen-bond acceptors (Lipinski definition) is 10. The Hall–Kier alpha value is -0.550. The van der Waals surface area contributed by atoms with E-state index < -0.39 is 8.25 Å². The first-order valence-electron chi connectivity index (χ1n) is 8.24. The van der Waals surface area contributed by atoms with E-state index in [1.807, 2.05) is 6.92 Å². The van der Waals surface area contributed by atoms with Crippen LogP contribution in [0.15, 0.2) is 5.16 Å². The molecule has 12 heteroatoms. The smallest absolute Gasteiger partial charge is 0.378 e. The fourth-order valence-corrected chi connectivity index (χ4v) is 2.65. The van der Waals surface area contributed by atoms with Crippen molar-refractivity contribution in [1.29, 1.82) is 0 Å². The number of nitrogens with zero attached hydrogens (tertiary/aromatic N) is 3. The maximum absolute atomic E-state index is 10.6. The number of ether oxygens (including phenoxy) is 2. The molecule has 1 rings (SSSR count). The Bertz CT molecular complexity index is 544. The van der Waals surface area contributed by atoms with E-state index in [0.29, 0.717) is 54.9 Å². The third-order valence-corrected chi connectivity index (χ3v) is 4.50. The lowest BCUT2D eigenvalue weighted by molar-refractivity contribution is 0.0605. The van der Waals surface area contributed by atoms with Crippen molar-refractivity contribution in [1.82, 2.24) is 15.0 Å². The van der Waals surface area contributed by atoms with Crippen LogP contribution in [-0.2, 0) is 18.6 Å². The predicted molar refractivity (Wildman–Crippen MR) is 104 cm³/mol. The highest BCUT2D eigenvalue weighted by atomic mass is 32.2. The van der Waals surface area contributed by atoms with E-state index in [1.165, 1.54) is 11.8 Å². The molecule has 0 aliphatic carbocycles. The van der Waals surface area contributed by atoms with Gasteiger partial charge >= 0.3 is 8.25 Å².